The Morgan fingerprint density at radius 1 is 1.12 bits per heavy atom. The van der Waals surface area contributed by atoms with E-state index in [0.717, 1.165) is 18.4 Å². The van der Waals surface area contributed by atoms with Crippen LogP contribution in [0.3, 0.4) is 0 Å². The Hall–Kier alpha value is -1.40. The lowest BCUT2D eigenvalue weighted by Crippen LogP contribution is -2.36. The van der Waals surface area contributed by atoms with Gasteiger partial charge in [0, 0.05) is 18.5 Å². The Morgan fingerprint density at radius 2 is 1.75 bits per heavy atom. The maximum Gasteiger partial charge on any atom is 0.240 e. The third kappa shape index (κ3) is 5.91. The van der Waals surface area contributed by atoms with Gasteiger partial charge in [0.1, 0.15) is 0 Å². The highest BCUT2D eigenvalue weighted by Gasteiger charge is 2.16. The van der Waals surface area contributed by atoms with Crippen LogP contribution in [0.4, 0.5) is 0 Å². The van der Waals surface area contributed by atoms with Gasteiger partial charge >= 0.3 is 0 Å². The van der Waals surface area contributed by atoms with Crippen LogP contribution < -0.4 is 10.0 Å². The van der Waals surface area contributed by atoms with E-state index in [0.29, 0.717) is 18.9 Å². The number of hydrogen-bond donors (Lipinski definition) is 2. The van der Waals surface area contributed by atoms with Gasteiger partial charge in [0.25, 0.3) is 0 Å². The van der Waals surface area contributed by atoms with Crippen molar-refractivity contribution in [2.45, 2.75) is 75.8 Å². The van der Waals surface area contributed by atoms with Crippen LogP contribution in [0, 0.1) is 0 Å². The highest BCUT2D eigenvalue weighted by atomic mass is 32.2. The SMILES string of the molecule is CC(C)NS(=O)(=O)c1ccc(CCC(=O)NC2CCCCC2)cc1. The zero-order valence-corrected chi connectivity index (χ0v) is 15.4. The van der Waals surface area contributed by atoms with E-state index in [1.165, 1.54) is 19.3 Å². The maximum absolute atomic E-state index is 12.1. The Labute approximate surface area is 145 Å². The van der Waals surface area contributed by atoms with E-state index in [1.807, 2.05) is 0 Å². The fourth-order valence-electron chi connectivity index (χ4n) is 3.02. The first-order valence-electron chi connectivity index (χ1n) is 8.77. The molecule has 0 bridgehead atoms. The third-order valence-electron chi connectivity index (χ3n) is 4.24. The molecule has 1 saturated carbocycles. The van der Waals surface area contributed by atoms with Crippen LogP contribution in [0.25, 0.3) is 0 Å². The molecule has 1 aromatic rings. The van der Waals surface area contributed by atoms with Crippen LogP contribution in [-0.4, -0.2) is 26.4 Å². The van der Waals surface area contributed by atoms with E-state index >= 15 is 0 Å². The molecule has 2 rings (SSSR count). The van der Waals surface area contributed by atoms with Gasteiger partial charge in [-0.3, -0.25) is 4.79 Å². The summed E-state index contributed by atoms with van der Waals surface area (Å²) in [7, 11) is -3.46. The van der Waals surface area contributed by atoms with Crippen LogP contribution in [0.2, 0.25) is 0 Å². The predicted octanol–water partition coefficient (Wildman–Crippen LogP) is 2.75. The minimum Gasteiger partial charge on any atom is -0.353 e. The lowest BCUT2D eigenvalue weighted by atomic mass is 9.95. The second-order valence-electron chi connectivity index (χ2n) is 6.82. The molecule has 2 N–H and O–H groups in total. The largest absolute Gasteiger partial charge is 0.353 e. The molecule has 1 aromatic carbocycles. The molecule has 0 heterocycles. The van der Waals surface area contributed by atoms with Crippen molar-refractivity contribution in [1.82, 2.24) is 10.0 Å². The van der Waals surface area contributed by atoms with Crippen LogP contribution in [0.15, 0.2) is 29.2 Å². The van der Waals surface area contributed by atoms with Gasteiger partial charge < -0.3 is 5.32 Å². The van der Waals surface area contributed by atoms with Crippen LogP contribution in [-0.2, 0) is 21.2 Å². The zero-order valence-electron chi connectivity index (χ0n) is 14.5. The van der Waals surface area contributed by atoms with Crippen LogP contribution in [0.1, 0.15) is 57.9 Å². The molecule has 6 heteroatoms. The molecule has 5 nitrogen and oxygen atoms in total. The first kappa shape index (κ1) is 18.9. The summed E-state index contributed by atoms with van der Waals surface area (Å²) in [6.07, 6.45) is 6.90. The highest BCUT2D eigenvalue weighted by molar-refractivity contribution is 7.89. The molecule has 0 radical (unpaired) electrons. The summed E-state index contributed by atoms with van der Waals surface area (Å²) < 4.78 is 26.7. The van der Waals surface area contributed by atoms with Crippen molar-refractivity contribution in [1.29, 1.82) is 0 Å². The van der Waals surface area contributed by atoms with Gasteiger partial charge in [-0.1, -0.05) is 31.4 Å². The average molecular weight is 353 g/mol. The minimum atomic E-state index is -3.46. The van der Waals surface area contributed by atoms with Crippen LogP contribution in [0.5, 0.6) is 0 Å². The third-order valence-corrected chi connectivity index (χ3v) is 5.91. The molecular weight excluding hydrogens is 324 g/mol. The quantitative estimate of drug-likeness (QED) is 0.792. The Bertz CT molecular complexity index is 633. The molecule has 1 amide bonds. The minimum absolute atomic E-state index is 0.0834. The number of sulfonamides is 1. The zero-order chi connectivity index (χ0) is 17.6. The fourth-order valence-corrected chi connectivity index (χ4v) is 4.27. The summed E-state index contributed by atoms with van der Waals surface area (Å²) in [5.41, 5.74) is 0.970. The second-order valence-corrected chi connectivity index (χ2v) is 8.54. The molecule has 1 fully saturated rings. The predicted molar refractivity (Wildman–Crippen MR) is 95.2 cm³/mol. The lowest BCUT2D eigenvalue weighted by Gasteiger charge is -2.22. The van der Waals surface area contributed by atoms with Gasteiger partial charge in [0.2, 0.25) is 15.9 Å². The molecular formula is C18H28N2O3S. The van der Waals surface area contributed by atoms with E-state index in [1.54, 1.807) is 38.1 Å². The number of rotatable bonds is 7. The number of hydrogen-bond acceptors (Lipinski definition) is 3. The lowest BCUT2D eigenvalue weighted by molar-refractivity contribution is -0.121. The average Bonchev–Trinajstić information content (AvgIpc) is 2.53. The van der Waals surface area contributed by atoms with E-state index in [-0.39, 0.29) is 16.8 Å². The van der Waals surface area contributed by atoms with Crippen molar-refractivity contribution in [3.8, 4) is 0 Å². The molecule has 134 valence electrons. The van der Waals surface area contributed by atoms with Gasteiger partial charge in [0.15, 0.2) is 0 Å². The number of amides is 1. The van der Waals surface area contributed by atoms with Gasteiger partial charge in [-0.15, -0.1) is 0 Å². The van der Waals surface area contributed by atoms with Crippen LogP contribution >= 0.6 is 0 Å². The molecule has 0 unspecified atom stereocenters. The Balaban J connectivity index is 1.84. The number of nitrogens with one attached hydrogen (secondary N) is 2. The van der Waals surface area contributed by atoms with Gasteiger partial charge in [-0.25, -0.2) is 13.1 Å². The van der Waals surface area contributed by atoms with Gasteiger partial charge in [-0.2, -0.15) is 0 Å². The summed E-state index contributed by atoms with van der Waals surface area (Å²) in [6, 6.07) is 6.95. The number of aryl methyl sites for hydroxylation is 1. The summed E-state index contributed by atoms with van der Waals surface area (Å²) in [4.78, 5) is 12.3. The monoisotopic (exact) mass is 352 g/mol. The standard InChI is InChI=1S/C18H28N2O3S/c1-14(2)20-24(22,23)17-11-8-15(9-12-17)10-13-18(21)19-16-6-4-3-5-7-16/h8-9,11-12,14,16,20H,3-7,10,13H2,1-2H3,(H,19,21). The molecule has 1 aliphatic rings. The van der Waals surface area contributed by atoms with Crippen molar-refractivity contribution >= 4 is 15.9 Å². The van der Waals surface area contributed by atoms with Crippen molar-refractivity contribution < 1.29 is 13.2 Å². The second kappa shape index (κ2) is 8.62. The summed E-state index contributed by atoms with van der Waals surface area (Å²) in [6.45, 7) is 3.58. The van der Waals surface area contributed by atoms with E-state index in [2.05, 4.69) is 10.0 Å². The van der Waals surface area contributed by atoms with Gasteiger partial charge in [0.05, 0.1) is 4.90 Å². The van der Waals surface area contributed by atoms with Crippen molar-refractivity contribution in [3.05, 3.63) is 29.8 Å². The van der Waals surface area contributed by atoms with E-state index in [9.17, 15) is 13.2 Å². The Morgan fingerprint density at radius 3 is 2.33 bits per heavy atom. The molecule has 0 aromatic heterocycles. The normalized spacial score (nSPS) is 16.3. The number of carbonyl (C=O) groups excluding carboxylic acids is 1. The van der Waals surface area contributed by atoms with E-state index in [4.69, 9.17) is 0 Å². The smallest absolute Gasteiger partial charge is 0.240 e. The molecule has 0 saturated heterocycles. The molecule has 24 heavy (non-hydrogen) atoms. The molecule has 0 spiro atoms. The van der Waals surface area contributed by atoms with Crippen molar-refractivity contribution in [2.24, 2.45) is 0 Å². The van der Waals surface area contributed by atoms with Crippen molar-refractivity contribution in [2.75, 3.05) is 0 Å². The van der Waals surface area contributed by atoms with Gasteiger partial charge in [-0.05, 0) is 50.8 Å². The first-order chi connectivity index (χ1) is 11.4. The molecule has 1 aliphatic carbocycles. The summed E-state index contributed by atoms with van der Waals surface area (Å²) >= 11 is 0. The number of benzene rings is 1. The Kier molecular flexibility index (Phi) is 6.80. The highest BCUT2D eigenvalue weighted by Crippen LogP contribution is 2.18. The summed E-state index contributed by atoms with van der Waals surface area (Å²) in [5, 5.41) is 3.10. The maximum atomic E-state index is 12.1. The molecule has 0 atom stereocenters. The fraction of sp³-hybridized carbons (Fsp3) is 0.611. The summed E-state index contributed by atoms with van der Waals surface area (Å²) in [5.74, 6) is 0.0834. The van der Waals surface area contributed by atoms with Crippen molar-refractivity contribution in [3.63, 3.8) is 0 Å². The number of carbonyl (C=O) groups is 1. The topological polar surface area (TPSA) is 75.3 Å². The van der Waals surface area contributed by atoms with E-state index < -0.39 is 10.0 Å². The molecule has 0 aliphatic heterocycles. The first-order valence-corrected chi connectivity index (χ1v) is 10.3.